The number of ether oxygens (including phenoxy) is 2. The van der Waals surface area contributed by atoms with Crippen LogP contribution in [0.15, 0.2) is 109 Å². The Morgan fingerprint density at radius 2 is 1.46 bits per heavy atom. The Morgan fingerprint density at radius 3 is 2.14 bits per heavy atom. The number of hydrogen-bond acceptors (Lipinski definition) is 4. The van der Waals surface area contributed by atoms with Crippen LogP contribution in [0.1, 0.15) is 11.1 Å². The lowest BCUT2D eigenvalue weighted by molar-refractivity contribution is -0.113. The van der Waals surface area contributed by atoms with E-state index in [0.29, 0.717) is 22.1 Å². The molecule has 1 N–H and O–H groups in total. The summed E-state index contributed by atoms with van der Waals surface area (Å²) in [7, 11) is 3.18. The number of carbonyl (C=O) groups excluding carboxylic acids is 1. The molecule has 0 atom stereocenters. The monoisotopic (exact) mass is 508 g/mol. The Bertz CT molecular complexity index is 1480. The van der Waals surface area contributed by atoms with Crippen LogP contribution in [-0.2, 0) is 4.79 Å². The summed E-state index contributed by atoms with van der Waals surface area (Å²) >= 11 is 6.13. The summed E-state index contributed by atoms with van der Waals surface area (Å²) in [6.45, 7) is 0. The summed E-state index contributed by atoms with van der Waals surface area (Å²) in [5.74, 6) is 1.11. The van der Waals surface area contributed by atoms with Gasteiger partial charge in [0.05, 0.1) is 19.9 Å². The molecular formula is C31H25ClN2O3. The predicted octanol–water partition coefficient (Wildman–Crippen LogP) is 7.57. The normalized spacial score (nSPS) is 14.0. The molecule has 5 nitrogen and oxygen atoms in total. The lowest BCUT2D eigenvalue weighted by Crippen LogP contribution is -2.24. The summed E-state index contributed by atoms with van der Waals surface area (Å²) in [6.07, 6.45) is 3.75. The highest BCUT2D eigenvalue weighted by atomic mass is 35.5. The second kappa shape index (κ2) is 10.6. The van der Waals surface area contributed by atoms with Crippen LogP contribution in [0.4, 0.5) is 17.1 Å². The van der Waals surface area contributed by atoms with E-state index in [1.165, 1.54) is 0 Å². The van der Waals surface area contributed by atoms with Crippen LogP contribution in [0.5, 0.6) is 11.5 Å². The molecule has 1 heterocycles. The minimum atomic E-state index is -0.122. The van der Waals surface area contributed by atoms with Gasteiger partial charge in [-0.3, -0.25) is 9.69 Å². The van der Waals surface area contributed by atoms with E-state index in [1.807, 2.05) is 109 Å². The maximum atomic E-state index is 13.7. The standard InChI is InChI=1S/C31H25ClN2O3/c1-36-29-17-8-21(19-30(29)37-2)18-23-20-28(22-9-11-24(32)12-10-22)34(31(23)35)27-15-13-26(14-16-27)33-25-6-4-3-5-7-25/h3-20,33H,1-2H3/b23-18+. The van der Waals surface area contributed by atoms with Crippen molar-refractivity contribution in [1.82, 2.24) is 0 Å². The van der Waals surface area contributed by atoms with Gasteiger partial charge in [-0.25, -0.2) is 0 Å². The van der Waals surface area contributed by atoms with Gasteiger partial charge in [0.15, 0.2) is 11.5 Å². The molecule has 1 aliphatic heterocycles. The summed E-state index contributed by atoms with van der Waals surface area (Å²) in [4.78, 5) is 15.4. The van der Waals surface area contributed by atoms with E-state index in [-0.39, 0.29) is 5.91 Å². The number of carbonyl (C=O) groups is 1. The highest BCUT2D eigenvalue weighted by Crippen LogP contribution is 2.37. The highest BCUT2D eigenvalue weighted by Gasteiger charge is 2.30. The van der Waals surface area contributed by atoms with E-state index in [0.717, 1.165) is 33.9 Å². The molecule has 0 unspecified atom stereocenters. The van der Waals surface area contributed by atoms with E-state index < -0.39 is 0 Å². The molecule has 0 bridgehead atoms. The zero-order chi connectivity index (χ0) is 25.8. The van der Waals surface area contributed by atoms with Crippen LogP contribution in [0, 0.1) is 0 Å². The lowest BCUT2D eigenvalue weighted by Gasteiger charge is -2.21. The van der Waals surface area contributed by atoms with E-state index in [4.69, 9.17) is 21.1 Å². The fraction of sp³-hybridized carbons (Fsp3) is 0.0645. The number of halogens is 1. The van der Waals surface area contributed by atoms with Crippen molar-refractivity contribution < 1.29 is 14.3 Å². The lowest BCUT2D eigenvalue weighted by atomic mass is 10.1. The summed E-state index contributed by atoms with van der Waals surface area (Å²) < 4.78 is 10.8. The van der Waals surface area contributed by atoms with Crippen molar-refractivity contribution in [3.05, 3.63) is 125 Å². The van der Waals surface area contributed by atoms with Gasteiger partial charge in [0.1, 0.15) is 0 Å². The van der Waals surface area contributed by atoms with Gasteiger partial charge >= 0.3 is 0 Å². The summed E-state index contributed by atoms with van der Waals surface area (Å²) in [5, 5.41) is 4.01. The van der Waals surface area contributed by atoms with Gasteiger partial charge in [0, 0.05) is 27.7 Å². The number of anilines is 3. The number of methoxy groups -OCH3 is 2. The smallest absolute Gasteiger partial charge is 0.262 e. The van der Waals surface area contributed by atoms with Crippen LogP contribution in [-0.4, -0.2) is 20.1 Å². The Balaban J connectivity index is 1.51. The fourth-order valence-corrected chi connectivity index (χ4v) is 4.34. The highest BCUT2D eigenvalue weighted by molar-refractivity contribution is 6.30. The molecule has 0 aromatic heterocycles. The van der Waals surface area contributed by atoms with E-state index in [2.05, 4.69) is 5.32 Å². The molecule has 1 aliphatic rings. The molecule has 0 radical (unpaired) electrons. The second-order valence-corrected chi connectivity index (χ2v) is 8.87. The SMILES string of the molecule is COc1ccc(/C=C2\C=C(c3ccc(Cl)cc3)N(c3ccc(Nc4ccccc4)cc3)C2=O)cc1OC. The average Bonchev–Trinajstić information content (AvgIpc) is 3.25. The minimum absolute atomic E-state index is 0.122. The molecule has 4 aromatic carbocycles. The van der Waals surface area contributed by atoms with Gasteiger partial charge in [-0.15, -0.1) is 0 Å². The van der Waals surface area contributed by atoms with Gasteiger partial charge in [0.25, 0.3) is 5.91 Å². The number of para-hydroxylation sites is 1. The fourth-order valence-electron chi connectivity index (χ4n) is 4.21. The Labute approximate surface area is 221 Å². The quantitative estimate of drug-likeness (QED) is 0.261. The molecule has 1 amide bonds. The van der Waals surface area contributed by atoms with Gasteiger partial charge in [-0.2, -0.15) is 0 Å². The van der Waals surface area contributed by atoms with Gasteiger partial charge in [-0.1, -0.05) is 48.0 Å². The molecule has 184 valence electrons. The first-order valence-corrected chi connectivity index (χ1v) is 12.1. The van der Waals surface area contributed by atoms with Crippen LogP contribution >= 0.6 is 11.6 Å². The largest absolute Gasteiger partial charge is 0.493 e. The average molecular weight is 509 g/mol. The number of benzene rings is 4. The van der Waals surface area contributed by atoms with E-state index in [9.17, 15) is 4.79 Å². The minimum Gasteiger partial charge on any atom is -0.493 e. The predicted molar refractivity (Wildman–Crippen MR) is 151 cm³/mol. The summed E-state index contributed by atoms with van der Waals surface area (Å²) in [6, 6.07) is 30.8. The molecule has 5 rings (SSSR count). The first-order chi connectivity index (χ1) is 18.1. The van der Waals surface area contributed by atoms with Crippen LogP contribution in [0.25, 0.3) is 11.8 Å². The molecule has 6 heteroatoms. The molecule has 0 saturated carbocycles. The first kappa shape index (κ1) is 24.2. The first-order valence-electron chi connectivity index (χ1n) is 11.7. The Kier molecular flexibility index (Phi) is 6.97. The van der Waals surface area contributed by atoms with Gasteiger partial charge in [0.2, 0.25) is 0 Å². The third kappa shape index (κ3) is 5.22. The molecule has 0 fully saturated rings. The second-order valence-electron chi connectivity index (χ2n) is 8.43. The number of amides is 1. The zero-order valence-corrected chi connectivity index (χ0v) is 21.2. The Hall–Kier alpha value is -4.48. The van der Waals surface area contributed by atoms with Crippen molar-refractivity contribution in [2.24, 2.45) is 0 Å². The number of nitrogens with one attached hydrogen (secondary N) is 1. The third-order valence-electron chi connectivity index (χ3n) is 6.04. The van der Waals surface area contributed by atoms with Crippen molar-refractivity contribution in [2.45, 2.75) is 0 Å². The number of rotatable bonds is 7. The number of nitrogens with zero attached hydrogens (tertiary/aromatic N) is 1. The molecule has 0 saturated heterocycles. The third-order valence-corrected chi connectivity index (χ3v) is 6.29. The van der Waals surface area contributed by atoms with Gasteiger partial charge in [-0.05, 0) is 83.9 Å². The molecule has 0 spiro atoms. The molecular weight excluding hydrogens is 484 g/mol. The zero-order valence-electron chi connectivity index (χ0n) is 20.4. The van der Waals surface area contributed by atoms with Crippen molar-refractivity contribution >= 4 is 46.3 Å². The Morgan fingerprint density at radius 1 is 0.784 bits per heavy atom. The van der Waals surface area contributed by atoms with Gasteiger partial charge < -0.3 is 14.8 Å². The van der Waals surface area contributed by atoms with Crippen LogP contribution in [0.3, 0.4) is 0 Å². The summed E-state index contributed by atoms with van der Waals surface area (Å²) in [5.41, 5.74) is 5.74. The van der Waals surface area contributed by atoms with Crippen molar-refractivity contribution in [3.63, 3.8) is 0 Å². The van der Waals surface area contributed by atoms with Crippen molar-refractivity contribution in [1.29, 1.82) is 0 Å². The van der Waals surface area contributed by atoms with Crippen LogP contribution in [0.2, 0.25) is 5.02 Å². The maximum absolute atomic E-state index is 13.7. The number of hydrogen-bond donors (Lipinski definition) is 1. The van der Waals surface area contributed by atoms with Crippen molar-refractivity contribution in [2.75, 3.05) is 24.4 Å². The molecule has 0 aliphatic carbocycles. The maximum Gasteiger partial charge on any atom is 0.262 e. The topological polar surface area (TPSA) is 50.8 Å². The van der Waals surface area contributed by atoms with Crippen molar-refractivity contribution in [3.8, 4) is 11.5 Å². The van der Waals surface area contributed by atoms with E-state index >= 15 is 0 Å². The molecule has 4 aromatic rings. The van der Waals surface area contributed by atoms with Crippen LogP contribution < -0.4 is 19.7 Å². The molecule has 37 heavy (non-hydrogen) atoms. The van der Waals surface area contributed by atoms with E-state index in [1.54, 1.807) is 19.1 Å².